The first-order valence-electron chi connectivity index (χ1n) is 6.90. The predicted molar refractivity (Wildman–Crippen MR) is 88.0 cm³/mol. The number of nitro groups is 1. The molecule has 0 spiro atoms. The summed E-state index contributed by atoms with van der Waals surface area (Å²) in [6.45, 7) is 4.84. The summed E-state index contributed by atoms with van der Waals surface area (Å²) in [5.41, 5.74) is 1.32. The number of anilines is 2. The summed E-state index contributed by atoms with van der Waals surface area (Å²) in [6.07, 6.45) is 3.90. The van der Waals surface area contributed by atoms with Gasteiger partial charge in [-0.15, -0.1) is 0 Å². The van der Waals surface area contributed by atoms with Crippen molar-refractivity contribution in [1.82, 2.24) is 0 Å². The molecule has 0 radical (unpaired) electrons. The summed E-state index contributed by atoms with van der Waals surface area (Å²) >= 11 is 1.74. The van der Waals surface area contributed by atoms with E-state index in [2.05, 4.69) is 17.6 Å². The van der Waals surface area contributed by atoms with Crippen LogP contribution in [0.3, 0.4) is 0 Å². The molecule has 112 valence electrons. The first kappa shape index (κ1) is 16.6. The Hall–Kier alpha value is -1.43. The molecule has 0 saturated carbocycles. The summed E-state index contributed by atoms with van der Waals surface area (Å²) in [5, 5.41) is 17.8. The van der Waals surface area contributed by atoms with Gasteiger partial charge in [0, 0.05) is 18.3 Å². The summed E-state index contributed by atoms with van der Waals surface area (Å²) in [4.78, 5) is 11.0. The van der Waals surface area contributed by atoms with E-state index < -0.39 is 0 Å². The first-order chi connectivity index (χ1) is 9.63. The predicted octanol–water partition coefficient (Wildman–Crippen LogP) is 3.97. The molecule has 1 aromatic rings. The lowest BCUT2D eigenvalue weighted by Gasteiger charge is -2.18. The Labute approximate surface area is 124 Å². The molecule has 0 aliphatic rings. The van der Waals surface area contributed by atoms with E-state index >= 15 is 0 Å². The van der Waals surface area contributed by atoms with E-state index in [1.165, 1.54) is 0 Å². The lowest BCUT2D eigenvalue weighted by molar-refractivity contribution is -0.383. The number of hydrogen-bond acceptors (Lipinski definition) is 5. The van der Waals surface area contributed by atoms with Crippen molar-refractivity contribution in [3.05, 3.63) is 28.3 Å². The Morgan fingerprint density at radius 1 is 1.35 bits per heavy atom. The highest BCUT2D eigenvalue weighted by Crippen LogP contribution is 2.33. The van der Waals surface area contributed by atoms with Crippen LogP contribution in [0, 0.1) is 10.1 Å². The molecule has 20 heavy (non-hydrogen) atoms. The van der Waals surface area contributed by atoms with Crippen molar-refractivity contribution in [2.24, 2.45) is 0 Å². The van der Waals surface area contributed by atoms with Gasteiger partial charge < -0.3 is 10.6 Å². The third-order valence-electron chi connectivity index (χ3n) is 3.00. The molecule has 1 aromatic carbocycles. The van der Waals surface area contributed by atoms with E-state index in [1.807, 2.05) is 19.2 Å². The molecule has 0 saturated heterocycles. The average Bonchev–Trinajstić information content (AvgIpc) is 2.44. The number of rotatable bonds is 9. The number of hydrogen-bond donors (Lipinski definition) is 2. The van der Waals surface area contributed by atoms with Crippen molar-refractivity contribution in [1.29, 1.82) is 0 Å². The maximum absolute atomic E-state index is 11.4. The number of nitrogens with one attached hydrogen (secondary N) is 2. The van der Waals surface area contributed by atoms with Gasteiger partial charge in [0.25, 0.3) is 0 Å². The summed E-state index contributed by atoms with van der Waals surface area (Å²) < 4.78 is 0. The van der Waals surface area contributed by atoms with Crippen LogP contribution in [0.5, 0.6) is 0 Å². The molecular weight excluding hydrogens is 274 g/mol. The zero-order chi connectivity index (χ0) is 15.0. The Bertz CT molecular complexity index is 440. The van der Waals surface area contributed by atoms with Crippen molar-refractivity contribution < 1.29 is 4.92 Å². The lowest BCUT2D eigenvalue weighted by Crippen LogP contribution is -2.22. The Morgan fingerprint density at radius 3 is 2.60 bits per heavy atom. The fourth-order valence-corrected chi connectivity index (χ4v) is 2.66. The van der Waals surface area contributed by atoms with Crippen molar-refractivity contribution in [2.45, 2.75) is 32.7 Å². The van der Waals surface area contributed by atoms with Gasteiger partial charge in [0.2, 0.25) is 0 Å². The van der Waals surface area contributed by atoms with Crippen LogP contribution in [0.1, 0.15) is 26.7 Å². The second kappa shape index (κ2) is 8.68. The van der Waals surface area contributed by atoms with Crippen LogP contribution >= 0.6 is 11.8 Å². The zero-order valence-corrected chi connectivity index (χ0v) is 13.1. The van der Waals surface area contributed by atoms with Gasteiger partial charge in [-0.1, -0.05) is 19.9 Å². The Morgan fingerprint density at radius 2 is 2.05 bits per heavy atom. The smallest absolute Gasteiger partial charge is 0.315 e. The van der Waals surface area contributed by atoms with Crippen molar-refractivity contribution >= 4 is 28.8 Å². The fraction of sp³-hybridized carbons (Fsp3) is 0.571. The van der Waals surface area contributed by atoms with Gasteiger partial charge in [-0.05, 0) is 31.2 Å². The van der Waals surface area contributed by atoms with Gasteiger partial charge in [-0.2, -0.15) is 11.8 Å². The van der Waals surface area contributed by atoms with E-state index in [1.54, 1.807) is 23.9 Å². The van der Waals surface area contributed by atoms with Crippen LogP contribution in [0.4, 0.5) is 17.1 Å². The molecule has 0 fully saturated rings. The highest BCUT2D eigenvalue weighted by atomic mass is 32.2. The molecule has 0 aromatic heterocycles. The number of benzene rings is 1. The van der Waals surface area contributed by atoms with Gasteiger partial charge >= 0.3 is 5.69 Å². The molecule has 0 aliphatic heterocycles. The summed E-state index contributed by atoms with van der Waals surface area (Å²) in [5.74, 6) is 0.931. The van der Waals surface area contributed by atoms with Crippen LogP contribution in [0.25, 0.3) is 0 Å². The summed E-state index contributed by atoms with van der Waals surface area (Å²) in [6, 6.07) is 5.62. The van der Waals surface area contributed by atoms with Crippen LogP contribution in [0.2, 0.25) is 0 Å². The van der Waals surface area contributed by atoms with Gasteiger partial charge in [-0.25, -0.2) is 0 Å². The third kappa shape index (κ3) is 4.59. The van der Waals surface area contributed by atoms with Crippen LogP contribution in [-0.4, -0.2) is 29.5 Å². The maximum Gasteiger partial charge on any atom is 0.315 e. The molecule has 1 atom stereocenters. The second-order valence-corrected chi connectivity index (χ2v) is 5.50. The van der Waals surface area contributed by atoms with E-state index in [9.17, 15) is 10.1 Å². The molecule has 0 heterocycles. The second-order valence-electron chi connectivity index (χ2n) is 4.59. The highest BCUT2D eigenvalue weighted by Gasteiger charge is 2.20. The maximum atomic E-state index is 11.4. The van der Waals surface area contributed by atoms with Gasteiger partial charge in [0.05, 0.1) is 4.92 Å². The molecule has 2 N–H and O–H groups in total. The molecule has 6 heteroatoms. The van der Waals surface area contributed by atoms with Crippen LogP contribution < -0.4 is 10.6 Å². The minimum absolute atomic E-state index is 0.139. The van der Waals surface area contributed by atoms with Crippen molar-refractivity contribution in [2.75, 3.05) is 29.2 Å². The van der Waals surface area contributed by atoms with Crippen molar-refractivity contribution in [3.63, 3.8) is 0 Å². The average molecular weight is 297 g/mol. The number of thioether (sulfide) groups is 1. The summed E-state index contributed by atoms with van der Waals surface area (Å²) in [7, 11) is 0. The largest absolute Gasteiger partial charge is 0.379 e. The highest BCUT2D eigenvalue weighted by molar-refractivity contribution is 7.98. The molecule has 0 aliphatic carbocycles. The first-order valence-corrected chi connectivity index (χ1v) is 8.30. The van der Waals surface area contributed by atoms with Gasteiger partial charge in [0.1, 0.15) is 11.4 Å². The minimum atomic E-state index is -0.313. The zero-order valence-electron chi connectivity index (χ0n) is 12.3. The molecule has 1 unspecified atom stereocenters. The quantitative estimate of drug-likeness (QED) is 0.533. The SMILES string of the molecule is CCCNc1cccc(NC(CC)CSC)c1[N+](=O)[O-]. The molecule has 5 nitrogen and oxygen atoms in total. The monoisotopic (exact) mass is 297 g/mol. The van der Waals surface area contributed by atoms with E-state index in [4.69, 9.17) is 0 Å². The Kier molecular flexibility index (Phi) is 7.22. The van der Waals surface area contributed by atoms with E-state index in [0.717, 1.165) is 25.1 Å². The molecule has 0 amide bonds. The van der Waals surface area contributed by atoms with Gasteiger partial charge in [0.15, 0.2) is 0 Å². The fourth-order valence-electron chi connectivity index (χ4n) is 1.94. The minimum Gasteiger partial charge on any atom is -0.379 e. The number of nitrogens with zero attached hydrogens (tertiary/aromatic N) is 1. The topological polar surface area (TPSA) is 67.2 Å². The van der Waals surface area contributed by atoms with Crippen molar-refractivity contribution in [3.8, 4) is 0 Å². The number of para-hydroxylation sites is 1. The standard InChI is InChI=1S/C14H23N3O2S/c1-4-9-15-12-7-6-8-13(14(12)17(18)19)16-11(5-2)10-20-3/h6-8,11,15-16H,4-5,9-10H2,1-3H3. The van der Waals surface area contributed by atoms with E-state index in [0.29, 0.717) is 11.4 Å². The van der Waals surface area contributed by atoms with Gasteiger partial charge in [-0.3, -0.25) is 10.1 Å². The van der Waals surface area contributed by atoms with Crippen LogP contribution in [0.15, 0.2) is 18.2 Å². The normalized spacial score (nSPS) is 11.9. The number of nitro benzene ring substituents is 1. The molecular formula is C14H23N3O2S. The lowest BCUT2D eigenvalue weighted by atomic mass is 10.2. The third-order valence-corrected chi connectivity index (χ3v) is 3.74. The molecule has 1 rings (SSSR count). The molecule has 0 bridgehead atoms. The Balaban J connectivity index is 3.02. The van der Waals surface area contributed by atoms with E-state index in [-0.39, 0.29) is 16.7 Å². The van der Waals surface area contributed by atoms with Crippen LogP contribution in [-0.2, 0) is 0 Å².